The van der Waals surface area contributed by atoms with Crippen LogP contribution in [0.4, 0.5) is 10.5 Å². The van der Waals surface area contributed by atoms with Crippen LogP contribution in [0, 0.1) is 27.9 Å². The van der Waals surface area contributed by atoms with E-state index in [0.717, 1.165) is 47.6 Å². The minimum absolute atomic E-state index is 0.0124. The Balaban J connectivity index is 1.22. The summed E-state index contributed by atoms with van der Waals surface area (Å²) in [6.45, 7) is 4.25. The first kappa shape index (κ1) is 46.2. The highest BCUT2D eigenvalue weighted by molar-refractivity contribution is 6.03. The highest BCUT2D eigenvalue weighted by Gasteiger charge is 2.66. The summed E-state index contributed by atoms with van der Waals surface area (Å²) in [5.41, 5.74) is 2.89. The molecule has 68 heavy (non-hydrogen) atoms. The van der Waals surface area contributed by atoms with Gasteiger partial charge < -0.3 is 43.5 Å². The number of non-ortho nitro benzene ring substituents is 1. The van der Waals surface area contributed by atoms with E-state index in [1.54, 1.807) is 17.0 Å². The zero-order valence-electron chi connectivity index (χ0n) is 37.9. The molecule has 4 aliphatic rings. The predicted octanol–water partition coefficient (Wildman–Crippen LogP) is 10.2. The summed E-state index contributed by atoms with van der Waals surface area (Å²) in [5.74, 6) is 0.496. The number of rotatable bonds is 19. The van der Waals surface area contributed by atoms with Gasteiger partial charge >= 0.3 is 6.09 Å². The Labute approximate surface area is 394 Å². The normalized spacial score (nSPS) is 22.6. The van der Waals surface area contributed by atoms with Crippen LogP contribution in [0.1, 0.15) is 62.0 Å². The van der Waals surface area contributed by atoms with E-state index in [1.807, 2.05) is 66.7 Å². The lowest BCUT2D eigenvalue weighted by Crippen LogP contribution is -2.70. The Morgan fingerprint density at radius 2 is 1.60 bits per heavy atom. The summed E-state index contributed by atoms with van der Waals surface area (Å²) in [6.07, 6.45) is 7.55. The van der Waals surface area contributed by atoms with Crippen molar-refractivity contribution in [3.8, 4) is 34.5 Å². The van der Waals surface area contributed by atoms with Gasteiger partial charge in [-0.25, -0.2) is 4.79 Å². The fourth-order valence-corrected chi connectivity index (χ4v) is 10.5. The number of allylic oxidation sites excluding steroid dienone is 1. The van der Waals surface area contributed by atoms with Crippen LogP contribution in [0.5, 0.6) is 34.5 Å². The topological polar surface area (TPSA) is 181 Å². The van der Waals surface area contributed by atoms with Gasteiger partial charge in [-0.15, -0.1) is 6.58 Å². The molecule has 2 aliphatic heterocycles. The molecule has 0 radical (unpaired) electrons. The first-order valence-electron chi connectivity index (χ1n) is 23.1. The molecule has 15 heteroatoms. The van der Waals surface area contributed by atoms with Crippen LogP contribution in [0.15, 0.2) is 133 Å². The molecular weight excluding hydrogens is 871 g/mol. The number of nitrogens with zero attached hydrogens (tertiary/aromatic N) is 3. The van der Waals surface area contributed by atoms with Gasteiger partial charge in [-0.1, -0.05) is 66.5 Å². The molecule has 5 aromatic carbocycles. The molecule has 0 saturated heterocycles. The maximum absolute atomic E-state index is 15.1. The SMILES string of the molecule is C=CCO[C@@]12Oc3ccc(Oc4ccc5ccccc5c4)cc3[C@H]3[C@H](CCCCO)[C@@H](CCCCO)C=C(C(=NOC)C[C@@H]1N(Cc1ccc4c(c1)OCO4)C(=O)Oc1ccc([N+](=O)[O-])cc1)[C@H]32. The molecule has 9 rings (SSSR count). The first-order valence-corrected chi connectivity index (χ1v) is 23.1. The average molecular weight is 926 g/mol. The minimum Gasteiger partial charge on any atom is -0.459 e. The number of aliphatic hydroxyl groups excluding tert-OH is 2. The molecule has 0 spiro atoms. The molecular formula is C53H55N3O12. The third kappa shape index (κ3) is 9.33. The van der Waals surface area contributed by atoms with E-state index in [0.29, 0.717) is 52.9 Å². The molecule has 2 N–H and O–H groups in total. The van der Waals surface area contributed by atoms with Crippen molar-refractivity contribution in [1.82, 2.24) is 4.90 Å². The van der Waals surface area contributed by atoms with Crippen molar-refractivity contribution in [2.45, 2.75) is 69.2 Å². The van der Waals surface area contributed by atoms with Gasteiger partial charge in [0.05, 0.1) is 23.2 Å². The number of carbonyl (C=O) groups excluding carboxylic acids is 1. The molecule has 15 nitrogen and oxygen atoms in total. The van der Waals surface area contributed by atoms with E-state index in [-0.39, 0.29) is 68.8 Å². The molecule has 2 aliphatic carbocycles. The van der Waals surface area contributed by atoms with Gasteiger partial charge in [-0.05, 0) is 114 Å². The molecule has 0 bridgehead atoms. The van der Waals surface area contributed by atoms with E-state index < -0.39 is 28.8 Å². The number of aliphatic hydroxyl groups is 2. The number of fused-ring (bicyclic) bond motifs is 4. The van der Waals surface area contributed by atoms with Gasteiger partial charge in [-0.3, -0.25) is 15.0 Å². The summed E-state index contributed by atoms with van der Waals surface area (Å²) in [5, 5.41) is 38.4. The molecule has 354 valence electrons. The zero-order valence-corrected chi connectivity index (χ0v) is 37.9. The minimum atomic E-state index is -1.60. The third-order valence-electron chi connectivity index (χ3n) is 13.5. The van der Waals surface area contributed by atoms with Crippen LogP contribution in [0.3, 0.4) is 0 Å². The fourth-order valence-electron chi connectivity index (χ4n) is 10.5. The van der Waals surface area contributed by atoms with Crippen molar-refractivity contribution < 1.29 is 53.2 Å². The van der Waals surface area contributed by atoms with Crippen LogP contribution >= 0.6 is 0 Å². The largest absolute Gasteiger partial charge is 0.459 e. The Kier molecular flexibility index (Phi) is 13.9. The van der Waals surface area contributed by atoms with E-state index >= 15 is 4.79 Å². The maximum atomic E-state index is 15.1. The molecule has 1 fully saturated rings. The van der Waals surface area contributed by atoms with Crippen molar-refractivity contribution >= 4 is 28.3 Å². The summed E-state index contributed by atoms with van der Waals surface area (Å²) in [7, 11) is 1.49. The van der Waals surface area contributed by atoms with Crippen molar-refractivity contribution in [2.24, 2.45) is 22.9 Å². The van der Waals surface area contributed by atoms with E-state index in [2.05, 4.69) is 23.9 Å². The lowest BCUT2D eigenvalue weighted by atomic mass is 9.55. The van der Waals surface area contributed by atoms with Crippen molar-refractivity contribution in [3.63, 3.8) is 0 Å². The Morgan fingerprint density at radius 3 is 2.37 bits per heavy atom. The number of benzene rings is 5. The number of oxime groups is 1. The standard InChI is InChI=1S/C53H55N3O12/c1-3-26-65-53-49(55(32-34-14-22-47-48(27-34)64-33-63-47)52(59)67-39-19-16-38(17-20-39)56(60)61)31-45(54-62-2)43-29-37(12-6-8-24-57)42(13-7-9-25-58)50(51(43)53)44-30-41(21-23-46(44)68-53)66-40-18-15-35-10-4-5-11-36(35)28-40/h3-5,10-11,14-23,27-30,37,42,49-51,57-58H,1,6-9,12-13,24-26,31-33H2,2H3/t37-,42+,49-,50+,51+,53+/m0/s1. The number of nitro benzene ring substituents is 1. The number of hydrogen-bond acceptors (Lipinski definition) is 13. The summed E-state index contributed by atoms with van der Waals surface area (Å²) >= 11 is 0. The molecule has 2 heterocycles. The quantitative estimate of drug-likeness (QED) is 0.0347. The summed E-state index contributed by atoms with van der Waals surface area (Å²) in [4.78, 5) is 33.3. The van der Waals surface area contributed by atoms with Crippen LogP contribution in [0.25, 0.3) is 10.8 Å². The summed E-state index contributed by atoms with van der Waals surface area (Å²) in [6, 6.07) is 29.8. The van der Waals surface area contributed by atoms with Crippen LogP contribution in [-0.4, -0.2) is 77.4 Å². The summed E-state index contributed by atoms with van der Waals surface area (Å²) < 4.78 is 38.6. The number of amides is 1. The van der Waals surface area contributed by atoms with Crippen LogP contribution in [0.2, 0.25) is 0 Å². The predicted molar refractivity (Wildman–Crippen MR) is 253 cm³/mol. The number of carbonyl (C=O) groups is 1. The molecule has 6 atom stereocenters. The second-order valence-electron chi connectivity index (χ2n) is 17.5. The molecule has 0 aromatic heterocycles. The Morgan fingerprint density at radius 1 is 0.882 bits per heavy atom. The van der Waals surface area contributed by atoms with E-state index in [1.165, 1.54) is 31.4 Å². The second kappa shape index (κ2) is 20.5. The Bertz CT molecular complexity index is 2710. The van der Waals surface area contributed by atoms with Gasteiger partial charge in [0.25, 0.3) is 5.69 Å². The second-order valence-corrected chi connectivity index (χ2v) is 17.5. The lowest BCUT2D eigenvalue weighted by molar-refractivity contribution is -0.384. The fraction of sp³-hybridized carbons (Fsp3) is 0.358. The van der Waals surface area contributed by atoms with Crippen molar-refractivity contribution in [3.05, 3.63) is 149 Å². The van der Waals surface area contributed by atoms with Crippen molar-refractivity contribution in [1.29, 1.82) is 0 Å². The average Bonchev–Trinajstić information content (AvgIpc) is 3.82. The van der Waals surface area contributed by atoms with E-state index in [9.17, 15) is 20.3 Å². The highest BCUT2D eigenvalue weighted by atomic mass is 16.7. The number of ether oxygens (including phenoxy) is 6. The molecule has 0 unspecified atom stereocenters. The van der Waals surface area contributed by atoms with Crippen LogP contribution < -0.4 is 23.7 Å². The van der Waals surface area contributed by atoms with Crippen molar-refractivity contribution in [2.75, 3.05) is 33.7 Å². The molecule has 5 aromatic rings. The van der Waals surface area contributed by atoms with Gasteiger partial charge in [0.1, 0.15) is 36.1 Å². The first-order chi connectivity index (χ1) is 33.2. The third-order valence-corrected chi connectivity index (χ3v) is 13.5. The van der Waals surface area contributed by atoms with Gasteiger partial charge in [0.2, 0.25) is 12.6 Å². The van der Waals surface area contributed by atoms with Gasteiger partial charge in [0, 0.05) is 49.8 Å². The number of hydrogen-bond donors (Lipinski definition) is 2. The maximum Gasteiger partial charge on any atom is 0.416 e. The highest BCUT2D eigenvalue weighted by Crippen LogP contribution is 2.62. The molecule has 1 saturated carbocycles. The van der Waals surface area contributed by atoms with E-state index in [4.69, 9.17) is 33.3 Å². The van der Waals surface area contributed by atoms with Crippen LogP contribution in [-0.2, 0) is 16.1 Å². The smallest absolute Gasteiger partial charge is 0.416 e. The molecule has 1 amide bonds. The van der Waals surface area contributed by atoms with Gasteiger partial charge in [-0.2, -0.15) is 0 Å². The Hall–Kier alpha value is -6.94. The van der Waals surface area contributed by atoms with Gasteiger partial charge in [0.15, 0.2) is 11.5 Å². The monoisotopic (exact) mass is 925 g/mol. The number of unbranched alkanes of at least 4 members (excludes halogenated alkanes) is 2. The number of nitro groups is 1. The zero-order chi connectivity index (χ0) is 47.2. The lowest BCUT2D eigenvalue weighted by Gasteiger charge is -2.59.